The first kappa shape index (κ1) is 13.4. The van der Waals surface area contributed by atoms with Crippen LogP contribution in [0.5, 0.6) is 11.5 Å². The highest BCUT2D eigenvalue weighted by Crippen LogP contribution is 2.32. The summed E-state index contributed by atoms with van der Waals surface area (Å²) in [7, 11) is 0. The third-order valence-electron chi connectivity index (χ3n) is 3.29. The number of ether oxygens (including phenoxy) is 2. The van der Waals surface area contributed by atoms with Gasteiger partial charge in [0.05, 0.1) is 12.2 Å². The first-order valence-corrected chi connectivity index (χ1v) is 6.61. The Balaban J connectivity index is 1.93. The zero-order chi connectivity index (χ0) is 15.0. The second-order valence-electron chi connectivity index (χ2n) is 5.13. The van der Waals surface area contributed by atoms with Gasteiger partial charge in [-0.2, -0.15) is 0 Å². The molecule has 21 heavy (non-hydrogen) atoms. The van der Waals surface area contributed by atoms with Crippen LogP contribution in [0.1, 0.15) is 41.5 Å². The topological polar surface area (TPSA) is 86.5 Å². The molecule has 7 heteroatoms. The lowest BCUT2D eigenvalue weighted by Crippen LogP contribution is -2.10. The number of carbonyl (C=O) groups is 1. The van der Waals surface area contributed by atoms with Crippen molar-refractivity contribution in [2.45, 2.75) is 26.3 Å². The average Bonchev–Trinajstić information content (AvgIpc) is 3.04. The van der Waals surface area contributed by atoms with Crippen LogP contribution in [0.3, 0.4) is 0 Å². The highest BCUT2D eigenvalue weighted by Gasteiger charge is 2.22. The van der Waals surface area contributed by atoms with Crippen molar-refractivity contribution < 1.29 is 19.4 Å². The predicted molar refractivity (Wildman–Crippen MR) is 72.7 cm³/mol. The Kier molecular flexibility index (Phi) is 3.25. The number of aromatic carboxylic acids is 1. The molecule has 0 saturated carbocycles. The molecule has 0 saturated heterocycles. The molecule has 2 heterocycles. The minimum absolute atomic E-state index is 0.00532. The molecule has 0 atom stereocenters. The molecule has 0 spiro atoms. The number of nitrogens with zero attached hydrogens (tertiary/aromatic N) is 3. The number of carboxylic acid groups (broad SMARTS) is 1. The molecule has 0 fully saturated rings. The Hall–Kier alpha value is -2.57. The Labute approximate surface area is 121 Å². The van der Waals surface area contributed by atoms with Crippen LogP contribution in [0.4, 0.5) is 0 Å². The summed E-state index contributed by atoms with van der Waals surface area (Å²) in [5.74, 6) is 0.362. The normalized spacial score (nSPS) is 12.9. The van der Waals surface area contributed by atoms with Crippen molar-refractivity contribution in [3.63, 3.8) is 0 Å². The molecule has 1 aromatic carbocycles. The van der Waals surface area contributed by atoms with Gasteiger partial charge in [0.1, 0.15) is 0 Å². The van der Waals surface area contributed by atoms with E-state index in [9.17, 15) is 4.79 Å². The summed E-state index contributed by atoms with van der Waals surface area (Å²) in [5.41, 5.74) is 1.56. The molecule has 1 aliphatic heterocycles. The van der Waals surface area contributed by atoms with Crippen molar-refractivity contribution in [1.29, 1.82) is 0 Å². The van der Waals surface area contributed by atoms with Crippen molar-refractivity contribution in [3.8, 4) is 11.5 Å². The van der Waals surface area contributed by atoms with E-state index in [1.165, 1.54) is 0 Å². The van der Waals surface area contributed by atoms with Crippen LogP contribution in [0, 0.1) is 0 Å². The molecule has 2 aromatic rings. The van der Waals surface area contributed by atoms with Gasteiger partial charge in [0.2, 0.25) is 6.79 Å². The molecular weight excluding hydrogens is 274 g/mol. The lowest BCUT2D eigenvalue weighted by molar-refractivity contribution is 0.0688. The third-order valence-corrected chi connectivity index (χ3v) is 3.29. The summed E-state index contributed by atoms with van der Waals surface area (Å²) in [6, 6.07) is 5.61. The standard InChI is InChI=1S/C14H15N3O4/c1-8(2)13-12(14(18)19)15-16-17(13)6-9-3-4-10-11(5-9)21-7-20-10/h3-5,8H,6-7H2,1-2H3,(H,18,19). The third kappa shape index (κ3) is 2.42. The van der Waals surface area contributed by atoms with Gasteiger partial charge >= 0.3 is 5.97 Å². The Morgan fingerprint density at radius 2 is 2.14 bits per heavy atom. The fourth-order valence-electron chi connectivity index (χ4n) is 2.37. The molecule has 0 radical (unpaired) electrons. The van der Waals surface area contributed by atoms with Crippen molar-refractivity contribution in [1.82, 2.24) is 15.0 Å². The number of rotatable bonds is 4. The van der Waals surface area contributed by atoms with Crippen LogP contribution in [0.25, 0.3) is 0 Å². The lowest BCUT2D eigenvalue weighted by atomic mass is 10.1. The zero-order valence-electron chi connectivity index (χ0n) is 11.7. The molecule has 110 valence electrons. The van der Waals surface area contributed by atoms with Gasteiger partial charge in [-0.1, -0.05) is 25.1 Å². The fourth-order valence-corrected chi connectivity index (χ4v) is 2.37. The van der Waals surface area contributed by atoms with Gasteiger partial charge in [0.25, 0.3) is 0 Å². The second-order valence-corrected chi connectivity index (χ2v) is 5.13. The van der Waals surface area contributed by atoms with Gasteiger partial charge in [-0.3, -0.25) is 0 Å². The maximum Gasteiger partial charge on any atom is 0.358 e. The molecule has 0 aliphatic carbocycles. The number of hydrogen-bond acceptors (Lipinski definition) is 5. The quantitative estimate of drug-likeness (QED) is 0.924. The van der Waals surface area contributed by atoms with Gasteiger partial charge in [-0.15, -0.1) is 5.10 Å². The van der Waals surface area contributed by atoms with Crippen LogP contribution >= 0.6 is 0 Å². The molecule has 3 rings (SSSR count). The summed E-state index contributed by atoms with van der Waals surface area (Å²) in [6.07, 6.45) is 0. The highest BCUT2D eigenvalue weighted by molar-refractivity contribution is 5.86. The van der Waals surface area contributed by atoms with E-state index >= 15 is 0 Å². The summed E-state index contributed by atoms with van der Waals surface area (Å²) in [5, 5.41) is 16.9. The van der Waals surface area contributed by atoms with Gasteiger partial charge in [-0.25, -0.2) is 9.48 Å². The van der Waals surface area contributed by atoms with Crippen molar-refractivity contribution in [2.75, 3.05) is 6.79 Å². The highest BCUT2D eigenvalue weighted by atomic mass is 16.7. The van der Waals surface area contributed by atoms with Crippen molar-refractivity contribution in [3.05, 3.63) is 35.2 Å². The Morgan fingerprint density at radius 3 is 2.86 bits per heavy atom. The van der Waals surface area contributed by atoms with E-state index in [0.717, 1.165) is 5.56 Å². The average molecular weight is 289 g/mol. The smallest absolute Gasteiger partial charge is 0.358 e. The van der Waals surface area contributed by atoms with Crippen LogP contribution in [-0.2, 0) is 6.54 Å². The predicted octanol–water partition coefficient (Wildman–Crippen LogP) is 1.88. The molecule has 1 aromatic heterocycles. The molecular formula is C14H15N3O4. The molecule has 1 N–H and O–H groups in total. The minimum atomic E-state index is -1.06. The summed E-state index contributed by atoms with van der Waals surface area (Å²) < 4.78 is 12.2. The Morgan fingerprint density at radius 1 is 1.38 bits per heavy atom. The van der Waals surface area contributed by atoms with Gasteiger partial charge in [0.15, 0.2) is 17.2 Å². The maximum absolute atomic E-state index is 11.2. The SMILES string of the molecule is CC(C)c1c(C(=O)O)nnn1Cc1ccc2c(c1)OCO2. The lowest BCUT2D eigenvalue weighted by Gasteiger charge is -2.10. The number of fused-ring (bicyclic) bond motifs is 1. The van der Waals surface area contributed by atoms with Gasteiger partial charge in [-0.05, 0) is 23.6 Å². The monoisotopic (exact) mass is 289 g/mol. The number of aromatic nitrogens is 3. The van der Waals surface area contributed by atoms with E-state index in [-0.39, 0.29) is 18.4 Å². The molecule has 7 nitrogen and oxygen atoms in total. The number of carboxylic acids is 1. The molecule has 0 amide bonds. The first-order chi connectivity index (χ1) is 10.1. The molecule has 1 aliphatic rings. The van der Waals surface area contributed by atoms with Crippen LogP contribution in [0.15, 0.2) is 18.2 Å². The van der Waals surface area contributed by atoms with E-state index < -0.39 is 5.97 Å². The second kappa shape index (κ2) is 5.08. The van der Waals surface area contributed by atoms with E-state index in [1.807, 2.05) is 32.0 Å². The summed E-state index contributed by atoms with van der Waals surface area (Å²) in [6.45, 7) is 4.50. The largest absolute Gasteiger partial charge is 0.476 e. The zero-order valence-corrected chi connectivity index (χ0v) is 11.7. The number of hydrogen-bond donors (Lipinski definition) is 1. The minimum Gasteiger partial charge on any atom is -0.476 e. The van der Waals surface area contributed by atoms with Crippen molar-refractivity contribution in [2.24, 2.45) is 0 Å². The Bertz CT molecular complexity index is 694. The van der Waals surface area contributed by atoms with E-state index in [2.05, 4.69) is 10.3 Å². The van der Waals surface area contributed by atoms with E-state index in [1.54, 1.807) is 4.68 Å². The number of benzene rings is 1. The van der Waals surface area contributed by atoms with Gasteiger partial charge < -0.3 is 14.6 Å². The van der Waals surface area contributed by atoms with Crippen molar-refractivity contribution >= 4 is 5.97 Å². The van der Waals surface area contributed by atoms with Gasteiger partial charge in [0, 0.05) is 0 Å². The first-order valence-electron chi connectivity index (χ1n) is 6.61. The summed E-state index contributed by atoms with van der Waals surface area (Å²) >= 11 is 0. The van der Waals surface area contributed by atoms with Crippen LogP contribution < -0.4 is 9.47 Å². The molecule has 0 unspecified atom stereocenters. The van der Waals surface area contributed by atoms with E-state index in [4.69, 9.17) is 14.6 Å². The molecule has 0 bridgehead atoms. The summed E-state index contributed by atoms with van der Waals surface area (Å²) in [4.78, 5) is 11.2. The van der Waals surface area contributed by atoms with Crippen LogP contribution in [0.2, 0.25) is 0 Å². The van der Waals surface area contributed by atoms with Crippen LogP contribution in [-0.4, -0.2) is 32.9 Å². The van der Waals surface area contributed by atoms with E-state index in [0.29, 0.717) is 23.7 Å². The maximum atomic E-state index is 11.2. The fraction of sp³-hybridized carbons (Fsp3) is 0.357.